The lowest BCUT2D eigenvalue weighted by Gasteiger charge is -2.15. The van der Waals surface area contributed by atoms with E-state index in [0.717, 1.165) is 29.6 Å². The number of hydrogen-bond acceptors (Lipinski definition) is 3. The van der Waals surface area contributed by atoms with Crippen molar-refractivity contribution in [3.05, 3.63) is 28.1 Å². The first kappa shape index (κ1) is 12.8. The maximum Gasteiger partial charge on any atom is 0.266 e. The second-order valence-corrected chi connectivity index (χ2v) is 6.56. The Kier molecular flexibility index (Phi) is 3.15. The number of thiophene rings is 1. The number of nitrogens with two attached hydrogens (primary N) is 1. The van der Waals surface area contributed by atoms with Crippen molar-refractivity contribution in [2.75, 3.05) is 18.8 Å². The fraction of sp³-hybridized carbons (Fsp3) is 0.357. The molecule has 1 aromatic heterocycles. The van der Waals surface area contributed by atoms with Crippen LogP contribution in [0.3, 0.4) is 0 Å². The van der Waals surface area contributed by atoms with Gasteiger partial charge in [0.15, 0.2) is 0 Å². The molecule has 1 unspecified atom stereocenters. The summed E-state index contributed by atoms with van der Waals surface area (Å²) in [6.45, 7) is 3.81. The zero-order chi connectivity index (χ0) is 13.6. The summed E-state index contributed by atoms with van der Waals surface area (Å²) in [5.74, 6) is 0.613. The molecule has 3 nitrogen and oxygen atoms in total. The third-order valence-corrected chi connectivity index (χ3v) is 5.08. The van der Waals surface area contributed by atoms with E-state index in [4.69, 9.17) is 17.3 Å². The van der Waals surface area contributed by atoms with Crippen LogP contribution in [0.15, 0.2) is 18.2 Å². The first-order valence-corrected chi connectivity index (χ1v) is 7.53. The van der Waals surface area contributed by atoms with Crippen LogP contribution in [0.5, 0.6) is 0 Å². The molecule has 0 spiro atoms. The Hall–Kier alpha value is -1.26. The van der Waals surface area contributed by atoms with Gasteiger partial charge in [-0.3, -0.25) is 4.79 Å². The normalized spacial score (nSPS) is 19.3. The van der Waals surface area contributed by atoms with Gasteiger partial charge in [0.25, 0.3) is 5.91 Å². The number of carbonyl (C=O) groups excluding carboxylic acids is 1. The molecule has 0 aliphatic carbocycles. The Balaban J connectivity index is 2.03. The van der Waals surface area contributed by atoms with Crippen LogP contribution in [-0.4, -0.2) is 23.9 Å². The number of fused-ring (bicyclic) bond motifs is 1. The molecule has 5 heteroatoms. The number of benzene rings is 1. The van der Waals surface area contributed by atoms with Crippen molar-refractivity contribution >= 4 is 44.6 Å². The topological polar surface area (TPSA) is 46.3 Å². The predicted octanol–water partition coefficient (Wildman–Crippen LogP) is 3.62. The van der Waals surface area contributed by atoms with Crippen LogP contribution < -0.4 is 5.73 Å². The summed E-state index contributed by atoms with van der Waals surface area (Å²) >= 11 is 7.60. The number of nitrogens with zero attached hydrogens (tertiary/aromatic N) is 1. The first-order chi connectivity index (χ1) is 9.08. The molecule has 2 aromatic rings. The zero-order valence-corrected chi connectivity index (χ0v) is 12.2. The second-order valence-electron chi connectivity index (χ2n) is 5.10. The number of likely N-dealkylation sites (tertiary alicyclic amines) is 1. The van der Waals surface area contributed by atoms with Gasteiger partial charge in [-0.25, -0.2) is 0 Å². The van der Waals surface area contributed by atoms with Crippen LogP contribution in [0.2, 0.25) is 5.02 Å². The molecule has 2 heterocycles. The highest BCUT2D eigenvalue weighted by Crippen LogP contribution is 2.39. The summed E-state index contributed by atoms with van der Waals surface area (Å²) in [5, 5.41) is 1.42. The molecule has 2 N–H and O–H groups in total. The first-order valence-electron chi connectivity index (χ1n) is 6.33. The van der Waals surface area contributed by atoms with E-state index in [2.05, 4.69) is 6.92 Å². The van der Waals surface area contributed by atoms with Gasteiger partial charge < -0.3 is 10.6 Å². The fourth-order valence-electron chi connectivity index (χ4n) is 2.55. The molecule has 1 atom stereocenters. The largest absolute Gasteiger partial charge is 0.397 e. The molecule has 3 rings (SSSR count). The second kappa shape index (κ2) is 4.69. The summed E-state index contributed by atoms with van der Waals surface area (Å²) in [6.07, 6.45) is 1.07. The molecule has 0 bridgehead atoms. The summed E-state index contributed by atoms with van der Waals surface area (Å²) in [7, 11) is 0. The van der Waals surface area contributed by atoms with Gasteiger partial charge in [0.2, 0.25) is 0 Å². The average molecular weight is 295 g/mol. The Morgan fingerprint density at radius 1 is 1.53 bits per heavy atom. The van der Waals surface area contributed by atoms with Crippen molar-refractivity contribution in [1.29, 1.82) is 0 Å². The van der Waals surface area contributed by atoms with Gasteiger partial charge >= 0.3 is 0 Å². The number of anilines is 1. The van der Waals surface area contributed by atoms with E-state index in [-0.39, 0.29) is 5.91 Å². The van der Waals surface area contributed by atoms with Crippen LogP contribution in [0.4, 0.5) is 5.69 Å². The van der Waals surface area contributed by atoms with Crippen LogP contribution in [0.1, 0.15) is 23.0 Å². The molecule has 1 aliphatic heterocycles. The van der Waals surface area contributed by atoms with Crippen molar-refractivity contribution in [2.45, 2.75) is 13.3 Å². The summed E-state index contributed by atoms with van der Waals surface area (Å²) in [4.78, 5) is 15.0. The van der Waals surface area contributed by atoms with Gasteiger partial charge in [-0.05, 0) is 24.5 Å². The number of amides is 1. The zero-order valence-electron chi connectivity index (χ0n) is 10.6. The van der Waals surface area contributed by atoms with Crippen LogP contribution in [0.25, 0.3) is 10.1 Å². The van der Waals surface area contributed by atoms with E-state index >= 15 is 0 Å². The van der Waals surface area contributed by atoms with Crippen molar-refractivity contribution < 1.29 is 4.79 Å². The van der Waals surface area contributed by atoms with Gasteiger partial charge in [0, 0.05) is 23.2 Å². The van der Waals surface area contributed by atoms with Crippen LogP contribution in [0, 0.1) is 5.92 Å². The van der Waals surface area contributed by atoms with Crippen molar-refractivity contribution in [3.63, 3.8) is 0 Å². The number of hydrogen-bond donors (Lipinski definition) is 1. The molecule has 0 radical (unpaired) electrons. The Labute approximate surface area is 121 Å². The lowest BCUT2D eigenvalue weighted by Crippen LogP contribution is -2.28. The fourth-order valence-corrected chi connectivity index (χ4v) is 4.00. The summed E-state index contributed by atoms with van der Waals surface area (Å²) < 4.78 is 0.973. The minimum atomic E-state index is 0.0408. The molecule has 1 saturated heterocycles. The van der Waals surface area contributed by atoms with E-state index in [1.54, 1.807) is 6.07 Å². The monoisotopic (exact) mass is 294 g/mol. The van der Waals surface area contributed by atoms with E-state index in [0.29, 0.717) is 21.5 Å². The molecule has 1 aromatic carbocycles. The van der Waals surface area contributed by atoms with Crippen LogP contribution >= 0.6 is 22.9 Å². The molecule has 19 heavy (non-hydrogen) atoms. The molecule has 1 fully saturated rings. The van der Waals surface area contributed by atoms with E-state index in [1.807, 2.05) is 17.0 Å². The van der Waals surface area contributed by atoms with Gasteiger partial charge in [-0.15, -0.1) is 11.3 Å². The third-order valence-electron chi connectivity index (χ3n) is 3.61. The SMILES string of the molecule is CC1CCN(C(=O)c2sc3cccc(Cl)c3c2N)C1. The molecule has 1 amide bonds. The number of carbonyl (C=O) groups is 1. The van der Waals surface area contributed by atoms with Crippen molar-refractivity contribution in [3.8, 4) is 0 Å². The van der Waals surface area contributed by atoms with Crippen molar-refractivity contribution in [1.82, 2.24) is 4.90 Å². The lowest BCUT2D eigenvalue weighted by atomic mass is 10.2. The Morgan fingerprint density at radius 3 is 2.95 bits per heavy atom. The number of nitrogen functional groups attached to an aromatic ring is 1. The van der Waals surface area contributed by atoms with E-state index in [9.17, 15) is 4.79 Å². The van der Waals surface area contributed by atoms with Gasteiger partial charge in [-0.1, -0.05) is 24.6 Å². The van der Waals surface area contributed by atoms with E-state index in [1.165, 1.54) is 11.3 Å². The Bertz CT molecular complexity index is 652. The Morgan fingerprint density at radius 2 is 2.32 bits per heavy atom. The highest BCUT2D eigenvalue weighted by molar-refractivity contribution is 7.21. The molecule has 1 aliphatic rings. The van der Waals surface area contributed by atoms with Crippen molar-refractivity contribution in [2.24, 2.45) is 5.92 Å². The van der Waals surface area contributed by atoms with Crippen LogP contribution in [-0.2, 0) is 0 Å². The van der Waals surface area contributed by atoms with E-state index < -0.39 is 0 Å². The third kappa shape index (κ3) is 2.09. The minimum Gasteiger partial charge on any atom is -0.397 e. The molecular weight excluding hydrogens is 280 g/mol. The standard InChI is InChI=1S/C14H15ClN2OS/c1-8-5-6-17(7-8)14(18)13-12(16)11-9(15)3-2-4-10(11)19-13/h2-4,8H,5-7,16H2,1H3. The molecular formula is C14H15ClN2OS. The highest BCUT2D eigenvalue weighted by Gasteiger charge is 2.27. The number of halogens is 1. The predicted molar refractivity (Wildman–Crippen MR) is 80.9 cm³/mol. The summed E-state index contributed by atoms with van der Waals surface area (Å²) in [6, 6.07) is 5.64. The maximum absolute atomic E-state index is 12.5. The molecule has 0 saturated carbocycles. The summed E-state index contributed by atoms with van der Waals surface area (Å²) in [5.41, 5.74) is 6.64. The average Bonchev–Trinajstić information content (AvgIpc) is 2.94. The van der Waals surface area contributed by atoms with Gasteiger partial charge in [0.1, 0.15) is 4.88 Å². The minimum absolute atomic E-state index is 0.0408. The maximum atomic E-state index is 12.5. The smallest absolute Gasteiger partial charge is 0.266 e. The quantitative estimate of drug-likeness (QED) is 0.873. The van der Waals surface area contributed by atoms with Gasteiger partial charge in [0.05, 0.1) is 10.7 Å². The number of rotatable bonds is 1. The lowest BCUT2D eigenvalue weighted by molar-refractivity contribution is 0.0794. The highest BCUT2D eigenvalue weighted by atomic mass is 35.5. The van der Waals surface area contributed by atoms with Gasteiger partial charge in [-0.2, -0.15) is 0 Å². The molecule has 100 valence electrons.